The largest absolute Gasteiger partial charge is 0.378 e. The number of hydrogen-bond acceptors (Lipinski definition) is 2. The Labute approximate surface area is 98.1 Å². The van der Waals surface area contributed by atoms with Crippen molar-refractivity contribution in [2.45, 2.75) is 64.1 Å². The molecule has 2 fully saturated rings. The molecule has 3 heteroatoms. The van der Waals surface area contributed by atoms with Gasteiger partial charge in [-0.2, -0.15) is 0 Å². The Bertz CT molecular complexity index is 274. The molecule has 0 spiro atoms. The summed E-state index contributed by atoms with van der Waals surface area (Å²) in [5, 5.41) is 0. The molecule has 0 aromatic carbocycles. The van der Waals surface area contributed by atoms with Crippen LogP contribution in [0.2, 0.25) is 0 Å². The van der Waals surface area contributed by atoms with Gasteiger partial charge in [-0.25, -0.2) is 0 Å². The molecule has 2 aliphatic heterocycles. The zero-order valence-corrected chi connectivity index (χ0v) is 10.8. The zero-order chi connectivity index (χ0) is 11.9. The van der Waals surface area contributed by atoms with Crippen LogP contribution in [-0.2, 0) is 9.53 Å². The van der Waals surface area contributed by atoms with Crippen molar-refractivity contribution in [1.29, 1.82) is 0 Å². The molecule has 16 heavy (non-hydrogen) atoms. The number of nitrogens with zero attached hydrogens (tertiary/aromatic N) is 1. The first-order valence-corrected chi connectivity index (χ1v) is 6.34. The fourth-order valence-electron chi connectivity index (χ4n) is 3.27. The van der Waals surface area contributed by atoms with Gasteiger partial charge in [0.2, 0.25) is 5.91 Å². The minimum atomic E-state index is -0.0143. The van der Waals surface area contributed by atoms with Crippen molar-refractivity contribution in [1.82, 2.24) is 4.90 Å². The third-order valence-electron chi connectivity index (χ3n) is 4.20. The van der Waals surface area contributed by atoms with Gasteiger partial charge in [-0.3, -0.25) is 4.79 Å². The SMILES string of the molecule is COC1(C)CC2CCC(C1)N2C(=O)C(C)C. The second kappa shape index (κ2) is 4.02. The normalized spacial score (nSPS) is 38.2. The first-order valence-electron chi connectivity index (χ1n) is 6.34. The lowest BCUT2D eigenvalue weighted by atomic mass is 9.87. The summed E-state index contributed by atoms with van der Waals surface area (Å²) in [7, 11) is 1.79. The third-order valence-corrected chi connectivity index (χ3v) is 4.20. The molecule has 2 aliphatic rings. The minimum absolute atomic E-state index is 0.0143. The predicted molar refractivity (Wildman–Crippen MR) is 63.1 cm³/mol. The van der Waals surface area contributed by atoms with Crippen molar-refractivity contribution in [3.8, 4) is 0 Å². The van der Waals surface area contributed by atoms with Gasteiger partial charge >= 0.3 is 0 Å². The predicted octanol–water partition coefficient (Wildman–Crippen LogP) is 2.20. The van der Waals surface area contributed by atoms with Gasteiger partial charge in [-0.15, -0.1) is 0 Å². The van der Waals surface area contributed by atoms with E-state index in [9.17, 15) is 4.79 Å². The molecular weight excluding hydrogens is 202 g/mol. The topological polar surface area (TPSA) is 29.5 Å². The van der Waals surface area contributed by atoms with E-state index in [0.717, 1.165) is 25.7 Å². The molecule has 0 N–H and O–H groups in total. The van der Waals surface area contributed by atoms with Crippen LogP contribution in [0.25, 0.3) is 0 Å². The highest BCUT2D eigenvalue weighted by molar-refractivity contribution is 5.79. The Balaban J connectivity index is 2.14. The van der Waals surface area contributed by atoms with Crippen LogP contribution in [0.3, 0.4) is 0 Å². The molecule has 0 saturated carbocycles. The van der Waals surface area contributed by atoms with Gasteiger partial charge in [-0.05, 0) is 32.6 Å². The van der Waals surface area contributed by atoms with Crippen LogP contribution in [0.15, 0.2) is 0 Å². The first-order chi connectivity index (χ1) is 7.47. The Morgan fingerprint density at radius 2 is 1.81 bits per heavy atom. The highest BCUT2D eigenvalue weighted by atomic mass is 16.5. The van der Waals surface area contributed by atoms with Crippen LogP contribution in [0.5, 0.6) is 0 Å². The van der Waals surface area contributed by atoms with Crippen LogP contribution in [0, 0.1) is 5.92 Å². The molecule has 1 amide bonds. The van der Waals surface area contributed by atoms with Crippen LogP contribution in [0.4, 0.5) is 0 Å². The number of ether oxygens (including phenoxy) is 1. The molecule has 2 unspecified atom stereocenters. The number of carbonyl (C=O) groups excluding carboxylic acids is 1. The summed E-state index contributed by atoms with van der Waals surface area (Å²) in [5.41, 5.74) is -0.0143. The van der Waals surface area contributed by atoms with E-state index in [1.54, 1.807) is 7.11 Å². The van der Waals surface area contributed by atoms with Crippen molar-refractivity contribution in [2.24, 2.45) is 5.92 Å². The molecule has 0 aromatic heterocycles. The maximum atomic E-state index is 12.1. The summed E-state index contributed by atoms with van der Waals surface area (Å²) >= 11 is 0. The van der Waals surface area contributed by atoms with E-state index in [4.69, 9.17) is 4.74 Å². The van der Waals surface area contributed by atoms with Gasteiger partial charge in [0.1, 0.15) is 0 Å². The fourth-order valence-corrected chi connectivity index (χ4v) is 3.27. The van der Waals surface area contributed by atoms with Gasteiger partial charge in [0.25, 0.3) is 0 Å². The lowest BCUT2D eigenvalue weighted by Gasteiger charge is -2.44. The molecule has 2 atom stereocenters. The number of fused-ring (bicyclic) bond motifs is 2. The summed E-state index contributed by atoms with van der Waals surface area (Å²) in [6.07, 6.45) is 4.31. The summed E-state index contributed by atoms with van der Waals surface area (Å²) in [5.74, 6) is 0.445. The molecule has 2 rings (SSSR count). The number of methoxy groups -OCH3 is 1. The second-order valence-electron chi connectivity index (χ2n) is 5.85. The molecule has 2 bridgehead atoms. The van der Waals surface area contributed by atoms with Crippen molar-refractivity contribution >= 4 is 5.91 Å². The van der Waals surface area contributed by atoms with Crippen molar-refractivity contribution in [3.05, 3.63) is 0 Å². The zero-order valence-electron chi connectivity index (χ0n) is 10.8. The third kappa shape index (κ3) is 1.86. The summed E-state index contributed by atoms with van der Waals surface area (Å²) in [6.45, 7) is 6.16. The molecule has 92 valence electrons. The Morgan fingerprint density at radius 1 is 1.31 bits per heavy atom. The number of hydrogen-bond donors (Lipinski definition) is 0. The molecule has 0 radical (unpaired) electrons. The Kier molecular flexibility index (Phi) is 2.99. The van der Waals surface area contributed by atoms with Crippen molar-refractivity contribution in [2.75, 3.05) is 7.11 Å². The van der Waals surface area contributed by atoms with Crippen LogP contribution < -0.4 is 0 Å². The van der Waals surface area contributed by atoms with Gasteiger partial charge < -0.3 is 9.64 Å². The lowest BCUT2D eigenvalue weighted by Crippen LogP contribution is -2.53. The van der Waals surface area contributed by atoms with Crippen molar-refractivity contribution < 1.29 is 9.53 Å². The molecular formula is C13H23NO2. The Hall–Kier alpha value is -0.570. The van der Waals surface area contributed by atoms with Gasteiger partial charge in [0.15, 0.2) is 0 Å². The first kappa shape index (κ1) is 11.9. The van der Waals surface area contributed by atoms with E-state index in [1.807, 2.05) is 13.8 Å². The van der Waals surface area contributed by atoms with E-state index in [0.29, 0.717) is 18.0 Å². The summed E-state index contributed by atoms with van der Waals surface area (Å²) < 4.78 is 5.61. The maximum absolute atomic E-state index is 12.1. The fraction of sp³-hybridized carbons (Fsp3) is 0.923. The van der Waals surface area contributed by atoms with Gasteiger partial charge in [0.05, 0.1) is 5.60 Å². The van der Waals surface area contributed by atoms with E-state index in [1.165, 1.54) is 0 Å². The van der Waals surface area contributed by atoms with E-state index in [2.05, 4.69) is 11.8 Å². The summed E-state index contributed by atoms with van der Waals surface area (Å²) in [6, 6.07) is 0.831. The average Bonchev–Trinajstić information content (AvgIpc) is 2.51. The smallest absolute Gasteiger partial charge is 0.225 e. The number of amides is 1. The van der Waals surface area contributed by atoms with Crippen LogP contribution >= 0.6 is 0 Å². The lowest BCUT2D eigenvalue weighted by molar-refractivity contribution is -0.145. The monoisotopic (exact) mass is 225 g/mol. The molecule has 0 aromatic rings. The maximum Gasteiger partial charge on any atom is 0.225 e. The van der Waals surface area contributed by atoms with Gasteiger partial charge in [-0.1, -0.05) is 13.8 Å². The minimum Gasteiger partial charge on any atom is -0.378 e. The van der Waals surface area contributed by atoms with E-state index >= 15 is 0 Å². The molecule has 2 heterocycles. The molecule has 0 aliphatic carbocycles. The highest BCUT2D eigenvalue weighted by Gasteiger charge is 2.48. The van der Waals surface area contributed by atoms with E-state index in [-0.39, 0.29) is 11.5 Å². The van der Waals surface area contributed by atoms with Crippen LogP contribution in [0.1, 0.15) is 46.5 Å². The van der Waals surface area contributed by atoms with Gasteiger partial charge in [0, 0.05) is 25.1 Å². The molecule has 2 saturated heterocycles. The van der Waals surface area contributed by atoms with Crippen molar-refractivity contribution in [3.63, 3.8) is 0 Å². The molecule has 3 nitrogen and oxygen atoms in total. The Morgan fingerprint density at radius 3 is 2.19 bits per heavy atom. The average molecular weight is 225 g/mol. The quantitative estimate of drug-likeness (QED) is 0.721. The summed E-state index contributed by atoms with van der Waals surface area (Å²) in [4.78, 5) is 14.3. The highest BCUT2D eigenvalue weighted by Crippen LogP contribution is 2.42. The van der Waals surface area contributed by atoms with Crippen LogP contribution in [-0.4, -0.2) is 35.6 Å². The number of carbonyl (C=O) groups is 1. The second-order valence-corrected chi connectivity index (χ2v) is 5.85. The van der Waals surface area contributed by atoms with E-state index < -0.39 is 0 Å². The number of rotatable bonds is 2. The standard InChI is InChI=1S/C13H23NO2/c1-9(2)12(15)14-10-5-6-11(14)8-13(3,7-10)16-4/h9-11H,5-8H2,1-4H3. The number of piperidine rings is 1.